The van der Waals surface area contributed by atoms with Gasteiger partial charge in [0.05, 0.1) is 120 Å². The van der Waals surface area contributed by atoms with Gasteiger partial charge in [-0.1, -0.05) is 72.0 Å². The number of ether oxygens (including phenoxy) is 3. The number of thioether (sulfide) groups is 1. The van der Waals surface area contributed by atoms with Crippen LogP contribution in [0.3, 0.4) is 0 Å². The minimum Gasteiger partial charge on any atom is -0.460 e. The summed E-state index contributed by atoms with van der Waals surface area (Å²) < 4.78 is 67.1. The average molecular weight is 1400 g/mol. The SMILES string of the molecule is CCCCS(=O)c1sc2nc(-c3scc[n+]3-c3csc(C4CC5c6cnc(C)n6NC6=C(S(=O)CCCOCCn7c(-c8cc(-c9nccs9)nc9sc(S(=O)CCOC)c(N)c89)cnc7C)SC(N4)C65)n3)cc(-c3ccc(COC(=O)CN(C)C)cc3)c2c1N. The van der Waals surface area contributed by atoms with Gasteiger partial charge < -0.3 is 30.2 Å². The Morgan fingerprint density at radius 3 is 2.32 bits per heavy atom. The van der Waals surface area contributed by atoms with E-state index >= 15 is 0 Å². The molecular weight excluding hydrogens is 1330 g/mol. The molecule has 476 valence electrons. The first-order chi connectivity index (χ1) is 44.2. The van der Waals surface area contributed by atoms with Crippen molar-refractivity contribution in [2.75, 3.05) is 81.7 Å². The Morgan fingerprint density at radius 1 is 0.835 bits per heavy atom. The van der Waals surface area contributed by atoms with Crippen LogP contribution in [-0.2, 0) is 64.6 Å². The molecule has 0 bridgehead atoms. The van der Waals surface area contributed by atoms with Crippen molar-refractivity contribution in [2.45, 2.75) is 85.4 Å². The van der Waals surface area contributed by atoms with Gasteiger partial charge in [-0.15, -0.1) is 34.0 Å². The summed E-state index contributed by atoms with van der Waals surface area (Å²) in [6.45, 7) is 8.03. The van der Waals surface area contributed by atoms with Gasteiger partial charge in [-0.25, -0.2) is 29.6 Å². The number of likely N-dealkylation sites (N-methyl/N-ethyl adjacent to an activating group) is 1. The molecule has 91 heavy (non-hydrogen) atoms. The van der Waals surface area contributed by atoms with Crippen molar-refractivity contribution in [3.8, 4) is 49.6 Å². The molecule has 9 aromatic heterocycles. The number of pyridine rings is 2. The van der Waals surface area contributed by atoms with Crippen molar-refractivity contribution in [3.63, 3.8) is 0 Å². The summed E-state index contributed by atoms with van der Waals surface area (Å²) in [7, 11) is 1.26. The van der Waals surface area contributed by atoms with E-state index in [1.54, 1.807) is 52.6 Å². The van der Waals surface area contributed by atoms with Crippen LogP contribution in [0.15, 0.2) is 95.7 Å². The molecule has 1 fully saturated rings. The van der Waals surface area contributed by atoms with Gasteiger partial charge in [0, 0.05) is 76.9 Å². The molecule has 10 aromatic rings. The second-order valence-electron chi connectivity index (χ2n) is 22.4. The molecular formula is C61H67N14O7S9+. The number of thiazole rings is 3. The summed E-state index contributed by atoms with van der Waals surface area (Å²) in [5.74, 6) is 3.49. The zero-order chi connectivity index (χ0) is 63.2. The van der Waals surface area contributed by atoms with Gasteiger partial charge in [0.25, 0.3) is 0 Å². The third kappa shape index (κ3) is 12.8. The fourth-order valence-corrected chi connectivity index (χ4v) is 22.6. The molecule has 1 saturated heterocycles. The lowest BCUT2D eigenvalue weighted by Crippen LogP contribution is -2.48. The highest BCUT2D eigenvalue weighted by molar-refractivity contribution is 8.17. The quantitative estimate of drug-likeness (QED) is 0.0223. The first-order valence-electron chi connectivity index (χ1n) is 29.6. The number of imidazole rings is 2. The highest BCUT2D eigenvalue weighted by Crippen LogP contribution is 2.56. The van der Waals surface area contributed by atoms with E-state index in [4.69, 9.17) is 50.6 Å². The Hall–Kier alpha value is -6.00. The molecule has 12 heterocycles. The largest absolute Gasteiger partial charge is 0.460 e. The van der Waals surface area contributed by atoms with Gasteiger partial charge in [0.1, 0.15) is 58.9 Å². The Kier molecular flexibility index (Phi) is 19.3. The summed E-state index contributed by atoms with van der Waals surface area (Å²) in [4.78, 5) is 45.1. The second-order valence-corrected chi connectivity index (χ2v) is 33.6. The molecule has 0 aliphatic carbocycles. The summed E-state index contributed by atoms with van der Waals surface area (Å²) >= 11 is 9.04. The van der Waals surface area contributed by atoms with Crippen LogP contribution in [0.4, 0.5) is 11.4 Å². The number of carbonyl (C=O) groups is 1. The van der Waals surface area contributed by atoms with Gasteiger partial charge in [0.2, 0.25) is 10.0 Å². The van der Waals surface area contributed by atoms with Crippen molar-refractivity contribution >= 4 is 139 Å². The highest BCUT2D eigenvalue weighted by atomic mass is 32.2. The lowest BCUT2D eigenvalue weighted by atomic mass is 9.78. The van der Waals surface area contributed by atoms with Gasteiger partial charge in [0.15, 0.2) is 0 Å². The molecule has 3 aliphatic heterocycles. The maximum Gasteiger partial charge on any atom is 0.340 e. The first kappa shape index (κ1) is 63.7. The Bertz CT molecular complexity index is 4450. The van der Waals surface area contributed by atoms with E-state index in [1.807, 2.05) is 87.6 Å². The number of carbonyl (C=O) groups excluding carboxylic acids is 1. The number of aryl methyl sites for hydroxylation is 2. The standard InChI is InChI=1S/C61H67N14O7S9/c1-7-8-22-89(77)59-50(62)47-37(36-12-10-35(11-13-36)31-82-46(76)30-72(4)5)25-42(69-55(47)86-59)58-74(16-21-84-58)45-32-85-54(70-45)41-27-39-44-29-66-34(3)75(44)71-52-49(39)57(68-41)88-61(52)90(78)23-9-17-81-18-15-73-33(2)65-28-43(73)38-26-40(53-64-14-20-83-53)67-56-48(38)51(63)60(87-56)91(79)24-19-80-6/h10-14,16,20-21,25-26,28-29,32,39,41,49,57,68,71H,7-9,15,17-19,22-24,27,30-31,62-63H2,1-6H3/q+1. The second kappa shape index (κ2) is 27.5. The number of rotatable bonds is 26. The predicted molar refractivity (Wildman–Crippen MR) is 369 cm³/mol. The number of fused-ring (bicyclic) bond motifs is 4. The van der Waals surface area contributed by atoms with Crippen LogP contribution in [0.1, 0.15) is 72.5 Å². The van der Waals surface area contributed by atoms with Crippen molar-refractivity contribution < 1.29 is 36.2 Å². The lowest BCUT2D eigenvalue weighted by Gasteiger charge is -2.42. The molecule has 21 nitrogen and oxygen atoms in total. The number of aromatic nitrogens is 9. The molecule has 3 aliphatic rings. The minimum atomic E-state index is -1.37. The number of hydrogen-bond donors (Lipinski definition) is 4. The predicted octanol–water partition coefficient (Wildman–Crippen LogP) is 10.4. The number of thiophene rings is 2. The number of methoxy groups -OCH3 is 1. The Labute approximate surface area is 557 Å². The minimum absolute atomic E-state index is 0.0472. The monoisotopic (exact) mass is 1400 g/mol. The Balaban J connectivity index is 0.699. The van der Waals surface area contributed by atoms with Crippen LogP contribution < -0.4 is 26.8 Å². The molecule has 0 radical (unpaired) electrons. The maximum absolute atomic E-state index is 14.6. The van der Waals surface area contributed by atoms with Crippen molar-refractivity contribution in [1.82, 2.24) is 49.4 Å². The van der Waals surface area contributed by atoms with Crippen LogP contribution in [0.25, 0.3) is 70.0 Å². The maximum atomic E-state index is 14.6. The van der Waals surface area contributed by atoms with E-state index in [2.05, 4.69) is 47.9 Å². The number of nitrogen functional groups attached to an aromatic ring is 2. The number of anilines is 2. The first-order valence-corrected chi connectivity index (χ1v) is 38.7. The van der Waals surface area contributed by atoms with Crippen molar-refractivity contribution in [1.29, 1.82) is 0 Å². The van der Waals surface area contributed by atoms with Crippen molar-refractivity contribution in [2.24, 2.45) is 5.92 Å². The molecule has 6 N–H and O–H groups in total. The zero-order valence-electron chi connectivity index (χ0n) is 50.7. The molecule has 0 amide bonds. The summed E-state index contributed by atoms with van der Waals surface area (Å²) in [6.07, 6.45) is 10.7. The van der Waals surface area contributed by atoms with E-state index in [1.165, 1.54) is 34.0 Å². The average Bonchev–Trinajstić information content (AvgIpc) is 1.61. The molecule has 30 heteroatoms. The highest BCUT2D eigenvalue weighted by Gasteiger charge is 2.52. The Morgan fingerprint density at radius 2 is 1.57 bits per heavy atom. The van der Waals surface area contributed by atoms with E-state index in [0.717, 1.165) is 112 Å². The van der Waals surface area contributed by atoms with Crippen LogP contribution >= 0.6 is 68.4 Å². The van der Waals surface area contributed by atoms with E-state index in [0.29, 0.717) is 85.2 Å². The number of benzene rings is 1. The summed E-state index contributed by atoms with van der Waals surface area (Å²) in [6, 6.07) is 11.9. The molecule has 7 unspecified atom stereocenters. The fraction of sp³-hybridized carbons (Fsp3) is 0.377. The van der Waals surface area contributed by atoms with Crippen LogP contribution in [0, 0.1) is 19.8 Å². The molecule has 0 saturated carbocycles. The summed E-state index contributed by atoms with van der Waals surface area (Å²) in [5.41, 5.74) is 26.1. The third-order valence-corrected chi connectivity index (χ3v) is 27.9. The van der Waals surface area contributed by atoms with E-state index < -0.39 is 32.4 Å². The molecule has 7 atom stereocenters. The van der Waals surface area contributed by atoms with Gasteiger partial charge >= 0.3 is 11.8 Å². The molecule has 13 rings (SSSR count). The van der Waals surface area contributed by atoms with Gasteiger partial charge in [-0.3, -0.25) is 33.1 Å². The van der Waals surface area contributed by atoms with Crippen LogP contribution in [0.5, 0.6) is 0 Å². The molecule has 1 aromatic carbocycles. The third-order valence-electron chi connectivity index (χ3n) is 16.1. The zero-order valence-corrected chi connectivity index (χ0v) is 58.0. The van der Waals surface area contributed by atoms with Crippen LogP contribution in [0.2, 0.25) is 0 Å². The van der Waals surface area contributed by atoms with E-state index in [-0.39, 0.29) is 42.4 Å². The van der Waals surface area contributed by atoms with Gasteiger partial charge in [-0.05, 0) is 81.0 Å². The van der Waals surface area contributed by atoms with E-state index in [9.17, 15) is 17.4 Å². The lowest BCUT2D eigenvalue weighted by molar-refractivity contribution is -0.582. The number of piperidine rings is 1. The molecule has 0 spiro atoms. The van der Waals surface area contributed by atoms with Crippen molar-refractivity contribution in [3.05, 3.63) is 115 Å². The number of unbranched alkanes of at least 4 members (excludes halogenated alkanes) is 1. The number of nitrogens with zero attached hydrogens (tertiary/aromatic N) is 10. The fourth-order valence-electron chi connectivity index (χ4n) is 11.7. The van der Waals surface area contributed by atoms with Crippen LogP contribution in [-0.4, -0.2) is 133 Å². The smallest absolute Gasteiger partial charge is 0.340 e. The number of nitrogens with one attached hydrogen (secondary N) is 2. The van der Waals surface area contributed by atoms with Gasteiger partial charge in [-0.2, -0.15) is 4.57 Å². The number of nitrogens with two attached hydrogens (primary N) is 2. The normalized spacial score (nSPS) is 18.1. The summed E-state index contributed by atoms with van der Waals surface area (Å²) in [5, 5.41) is 14.0. The topological polar surface area (TPSA) is 266 Å². The number of esters is 1. The number of hydrogen-bond acceptors (Lipinski definition) is 24.